The molecule has 0 unspecified atom stereocenters. The SMILES string of the molecule is CC(C)(C)[C@@H](N)c1ccc(N)cc1Cl. The van der Waals surface area contributed by atoms with Gasteiger partial charge in [0.05, 0.1) is 0 Å². The Labute approximate surface area is 90.2 Å². The van der Waals surface area contributed by atoms with Crippen molar-refractivity contribution in [1.29, 1.82) is 0 Å². The van der Waals surface area contributed by atoms with Gasteiger partial charge in [0.1, 0.15) is 0 Å². The molecule has 0 aliphatic carbocycles. The van der Waals surface area contributed by atoms with Crippen LogP contribution in [0.2, 0.25) is 5.02 Å². The number of anilines is 1. The Hall–Kier alpha value is -0.730. The number of hydrogen-bond donors (Lipinski definition) is 2. The van der Waals surface area contributed by atoms with Crippen LogP contribution in [0.25, 0.3) is 0 Å². The van der Waals surface area contributed by atoms with Crippen molar-refractivity contribution in [3.8, 4) is 0 Å². The van der Waals surface area contributed by atoms with Gasteiger partial charge in [0, 0.05) is 16.8 Å². The van der Waals surface area contributed by atoms with Gasteiger partial charge in [-0.15, -0.1) is 0 Å². The molecule has 0 spiro atoms. The number of hydrogen-bond acceptors (Lipinski definition) is 2. The molecule has 0 aromatic heterocycles. The van der Waals surface area contributed by atoms with Gasteiger partial charge in [-0.3, -0.25) is 0 Å². The average Bonchev–Trinajstić information content (AvgIpc) is 2.01. The molecule has 0 fully saturated rings. The van der Waals surface area contributed by atoms with Crippen molar-refractivity contribution >= 4 is 17.3 Å². The van der Waals surface area contributed by atoms with Crippen molar-refractivity contribution in [2.24, 2.45) is 11.1 Å². The molecule has 1 aromatic rings. The number of benzene rings is 1. The average molecular weight is 213 g/mol. The zero-order valence-corrected chi connectivity index (χ0v) is 9.60. The zero-order valence-electron chi connectivity index (χ0n) is 8.84. The standard InChI is InChI=1S/C11H17ClN2/c1-11(2,3)10(14)8-5-4-7(13)6-9(8)12/h4-6,10H,13-14H2,1-3H3/t10-/m0/s1. The summed E-state index contributed by atoms with van der Waals surface area (Å²) in [6.07, 6.45) is 0. The van der Waals surface area contributed by atoms with Crippen LogP contribution in [0.15, 0.2) is 18.2 Å². The second-order valence-corrected chi connectivity index (χ2v) is 5.03. The lowest BCUT2D eigenvalue weighted by Crippen LogP contribution is -2.26. The highest BCUT2D eigenvalue weighted by Crippen LogP contribution is 2.34. The normalized spacial score (nSPS) is 14.1. The molecule has 1 atom stereocenters. The van der Waals surface area contributed by atoms with Gasteiger partial charge in [0.25, 0.3) is 0 Å². The summed E-state index contributed by atoms with van der Waals surface area (Å²) in [6, 6.07) is 5.39. The van der Waals surface area contributed by atoms with Gasteiger partial charge in [-0.25, -0.2) is 0 Å². The minimum absolute atomic E-state index is 0.000243. The van der Waals surface area contributed by atoms with Crippen molar-refractivity contribution in [3.05, 3.63) is 28.8 Å². The van der Waals surface area contributed by atoms with Gasteiger partial charge < -0.3 is 11.5 Å². The number of rotatable bonds is 1. The molecule has 2 nitrogen and oxygen atoms in total. The molecule has 0 bridgehead atoms. The number of halogens is 1. The molecule has 0 aliphatic heterocycles. The summed E-state index contributed by atoms with van der Waals surface area (Å²) >= 11 is 6.07. The molecule has 0 saturated heterocycles. The van der Waals surface area contributed by atoms with Gasteiger partial charge in [0.2, 0.25) is 0 Å². The van der Waals surface area contributed by atoms with Gasteiger partial charge >= 0.3 is 0 Å². The van der Waals surface area contributed by atoms with Crippen molar-refractivity contribution < 1.29 is 0 Å². The van der Waals surface area contributed by atoms with Gasteiger partial charge in [-0.2, -0.15) is 0 Å². The summed E-state index contributed by atoms with van der Waals surface area (Å²) in [5.74, 6) is 0. The summed E-state index contributed by atoms with van der Waals surface area (Å²) in [4.78, 5) is 0. The van der Waals surface area contributed by atoms with Crippen LogP contribution in [-0.4, -0.2) is 0 Å². The summed E-state index contributed by atoms with van der Waals surface area (Å²) in [7, 11) is 0. The number of nitrogens with two attached hydrogens (primary N) is 2. The van der Waals surface area contributed by atoms with Crippen LogP contribution in [0, 0.1) is 5.41 Å². The van der Waals surface area contributed by atoms with Crippen molar-refractivity contribution in [3.63, 3.8) is 0 Å². The second-order valence-electron chi connectivity index (χ2n) is 4.62. The molecule has 0 heterocycles. The molecule has 3 heteroatoms. The molecule has 78 valence electrons. The Morgan fingerprint density at radius 2 is 1.86 bits per heavy atom. The van der Waals surface area contributed by atoms with Crippen LogP contribution < -0.4 is 11.5 Å². The van der Waals surface area contributed by atoms with E-state index in [0.29, 0.717) is 10.7 Å². The first-order valence-electron chi connectivity index (χ1n) is 4.63. The first kappa shape index (κ1) is 11.3. The van der Waals surface area contributed by atoms with Gasteiger partial charge in [0.15, 0.2) is 0 Å². The Kier molecular flexibility index (Phi) is 3.07. The summed E-state index contributed by atoms with van der Waals surface area (Å²) < 4.78 is 0. The van der Waals surface area contributed by atoms with E-state index in [1.807, 2.05) is 12.1 Å². The smallest absolute Gasteiger partial charge is 0.0474 e. The first-order chi connectivity index (χ1) is 6.32. The van der Waals surface area contributed by atoms with Crippen LogP contribution in [0.3, 0.4) is 0 Å². The lowest BCUT2D eigenvalue weighted by Gasteiger charge is -2.28. The largest absolute Gasteiger partial charge is 0.399 e. The molecule has 0 saturated carbocycles. The highest BCUT2D eigenvalue weighted by molar-refractivity contribution is 6.31. The van der Waals surface area contributed by atoms with E-state index >= 15 is 0 Å². The molecule has 1 rings (SSSR count). The van der Waals surface area contributed by atoms with E-state index in [9.17, 15) is 0 Å². The predicted octanol–water partition coefficient (Wildman–Crippen LogP) is 2.97. The molecular weight excluding hydrogens is 196 g/mol. The van der Waals surface area contributed by atoms with Crippen LogP contribution >= 0.6 is 11.6 Å². The lowest BCUT2D eigenvalue weighted by molar-refractivity contribution is 0.327. The molecular formula is C11H17ClN2. The topological polar surface area (TPSA) is 52.0 Å². The molecule has 1 aromatic carbocycles. The minimum atomic E-state index is -0.0735. The fourth-order valence-electron chi connectivity index (χ4n) is 1.26. The second kappa shape index (κ2) is 3.79. The summed E-state index contributed by atoms with van der Waals surface area (Å²) in [5, 5.41) is 0.646. The highest BCUT2D eigenvalue weighted by atomic mass is 35.5. The third kappa shape index (κ3) is 2.40. The molecule has 0 amide bonds. The Morgan fingerprint density at radius 1 is 1.29 bits per heavy atom. The van der Waals surface area contributed by atoms with Crippen LogP contribution in [0.1, 0.15) is 32.4 Å². The van der Waals surface area contributed by atoms with Gasteiger partial charge in [-0.05, 0) is 23.1 Å². The van der Waals surface area contributed by atoms with E-state index in [1.165, 1.54) is 0 Å². The van der Waals surface area contributed by atoms with Crippen molar-refractivity contribution in [2.45, 2.75) is 26.8 Å². The molecule has 14 heavy (non-hydrogen) atoms. The van der Waals surface area contributed by atoms with Crippen LogP contribution in [0.4, 0.5) is 5.69 Å². The Morgan fingerprint density at radius 3 is 2.29 bits per heavy atom. The third-order valence-corrected chi connectivity index (χ3v) is 2.62. The maximum Gasteiger partial charge on any atom is 0.0474 e. The van der Waals surface area contributed by atoms with Crippen molar-refractivity contribution in [2.75, 3.05) is 5.73 Å². The maximum atomic E-state index is 6.10. The van der Waals surface area contributed by atoms with E-state index in [1.54, 1.807) is 6.07 Å². The summed E-state index contributed by atoms with van der Waals surface area (Å²) in [5.41, 5.74) is 13.3. The molecule has 0 radical (unpaired) electrons. The summed E-state index contributed by atoms with van der Waals surface area (Å²) in [6.45, 7) is 6.26. The number of nitrogen functional groups attached to an aromatic ring is 1. The Balaban J connectivity index is 3.08. The van der Waals surface area contributed by atoms with Crippen molar-refractivity contribution in [1.82, 2.24) is 0 Å². The fraction of sp³-hybridized carbons (Fsp3) is 0.455. The monoisotopic (exact) mass is 212 g/mol. The first-order valence-corrected chi connectivity index (χ1v) is 5.00. The van der Waals surface area contributed by atoms with E-state index in [4.69, 9.17) is 23.1 Å². The van der Waals surface area contributed by atoms with Gasteiger partial charge in [-0.1, -0.05) is 38.4 Å². The van der Waals surface area contributed by atoms with E-state index in [0.717, 1.165) is 5.56 Å². The van der Waals surface area contributed by atoms with E-state index in [-0.39, 0.29) is 11.5 Å². The lowest BCUT2D eigenvalue weighted by atomic mass is 9.83. The Bertz CT molecular complexity index is 329. The van der Waals surface area contributed by atoms with E-state index in [2.05, 4.69) is 20.8 Å². The maximum absolute atomic E-state index is 6.10. The van der Waals surface area contributed by atoms with E-state index < -0.39 is 0 Å². The fourth-order valence-corrected chi connectivity index (χ4v) is 1.57. The quantitative estimate of drug-likeness (QED) is 0.704. The minimum Gasteiger partial charge on any atom is -0.399 e. The molecule has 4 N–H and O–H groups in total. The highest BCUT2D eigenvalue weighted by Gasteiger charge is 2.23. The zero-order chi connectivity index (χ0) is 10.9. The van der Waals surface area contributed by atoms with Crippen LogP contribution in [-0.2, 0) is 0 Å². The molecule has 0 aliphatic rings. The van der Waals surface area contributed by atoms with Crippen LogP contribution in [0.5, 0.6) is 0 Å². The third-order valence-electron chi connectivity index (χ3n) is 2.29. The predicted molar refractivity (Wildman–Crippen MR) is 62.2 cm³/mol.